The van der Waals surface area contributed by atoms with Crippen molar-refractivity contribution in [2.45, 2.75) is 19.9 Å². The Morgan fingerprint density at radius 3 is 2.35 bits per heavy atom. The van der Waals surface area contributed by atoms with Gasteiger partial charge in [0.2, 0.25) is 0 Å². The highest BCUT2D eigenvalue weighted by Gasteiger charge is 2.37. The van der Waals surface area contributed by atoms with E-state index in [1.54, 1.807) is 7.05 Å². The largest absolute Gasteiger partial charge is 0.481 e. The zero-order valence-corrected chi connectivity index (χ0v) is 9.92. The summed E-state index contributed by atoms with van der Waals surface area (Å²) in [5, 5.41) is 11.9. The van der Waals surface area contributed by atoms with Crippen LogP contribution in [0.1, 0.15) is 25.5 Å². The molecule has 5 heteroatoms. The number of nitrogens with one attached hydrogen (secondary N) is 1. The molecule has 0 heterocycles. The summed E-state index contributed by atoms with van der Waals surface area (Å²) in [5.74, 6) is -2.94. The maximum Gasteiger partial charge on any atom is 0.311 e. The Kier molecular flexibility index (Phi) is 3.83. The van der Waals surface area contributed by atoms with Crippen LogP contribution in [-0.4, -0.2) is 18.1 Å². The Morgan fingerprint density at radius 2 is 1.94 bits per heavy atom. The first-order chi connectivity index (χ1) is 7.80. The van der Waals surface area contributed by atoms with E-state index in [9.17, 15) is 13.6 Å². The molecule has 0 aliphatic carbocycles. The van der Waals surface area contributed by atoms with Crippen molar-refractivity contribution in [2.24, 2.45) is 5.41 Å². The maximum absolute atomic E-state index is 13.1. The smallest absolute Gasteiger partial charge is 0.311 e. The summed E-state index contributed by atoms with van der Waals surface area (Å²) in [5.41, 5.74) is -0.724. The highest BCUT2D eigenvalue weighted by atomic mass is 19.2. The third-order valence-corrected chi connectivity index (χ3v) is 2.84. The Bertz CT molecular complexity index is 433. The first-order valence-corrected chi connectivity index (χ1v) is 5.16. The van der Waals surface area contributed by atoms with Gasteiger partial charge in [-0.1, -0.05) is 6.07 Å². The van der Waals surface area contributed by atoms with Crippen molar-refractivity contribution in [3.05, 3.63) is 35.4 Å². The number of hydrogen-bond acceptors (Lipinski definition) is 2. The SMILES string of the molecule is CNC(c1ccc(F)c(F)c1)C(C)(C)C(=O)O. The molecular formula is C12H15F2NO2. The van der Waals surface area contributed by atoms with Gasteiger partial charge in [0.15, 0.2) is 11.6 Å². The molecule has 1 unspecified atom stereocenters. The zero-order chi connectivity index (χ0) is 13.2. The lowest BCUT2D eigenvalue weighted by Gasteiger charge is -2.30. The molecule has 0 amide bonds. The van der Waals surface area contributed by atoms with E-state index in [-0.39, 0.29) is 0 Å². The number of rotatable bonds is 4. The predicted molar refractivity (Wildman–Crippen MR) is 59.6 cm³/mol. The second-order valence-corrected chi connectivity index (χ2v) is 4.42. The third kappa shape index (κ3) is 2.61. The molecule has 1 aromatic carbocycles. The minimum absolute atomic E-state index is 0.402. The molecule has 3 nitrogen and oxygen atoms in total. The summed E-state index contributed by atoms with van der Waals surface area (Å²) in [6.07, 6.45) is 0. The first kappa shape index (κ1) is 13.6. The lowest BCUT2D eigenvalue weighted by molar-refractivity contribution is -0.148. The lowest BCUT2D eigenvalue weighted by atomic mass is 9.80. The second-order valence-electron chi connectivity index (χ2n) is 4.42. The number of halogens is 2. The third-order valence-electron chi connectivity index (χ3n) is 2.84. The Morgan fingerprint density at radius 1 is 1.35 bits per heavy atom. The van der Waals surface area contributed by atoms with Crippen LogP contribution in [0, 0.1) is 17.0 Å². The summed E-state index contributed by atoms with van der Waals surface area (Å²) < 4.78 is 25.9. The monoisotopic (exact) mass is 243 g/mol. The van der Waals surface area contributed by atoms with Crippen LogP contribution in [0.5, 0.6) is 0 Å². The number of aliphatic carboxylic acids is 1. The molecule has 0 fully saturated rings. The fourth-order valence-electron chi connectivity index (χ4n) is 1.76. The van der Waals surface area contributed by atoms with Gasteiger partial charge < -0.3 is 10.4 Å². The number of benzene rings is 1. The van der Waals surface area contributed by atoms with E-state index in [2.05, 4.69) is 5.32 Å². The Balaban J connectivity index is 3.18. The highest BCUT2D eigenvalue weighted by molar-refractivity contribution is 5.75. The van der Waals surface area contributed by atoms with E-state index in [1.165, 1.54) is 19.9 Å². The van der Waals surface area contributed by atoms with Crippen LogP contribution in [0.2, 0.25) is 0 Å². The van der Waals surface area contributed by atoms with Crippen molar-refractivity contribution in [1.82, 2.24) is 5.32 Å². The van der Waals surface area contributed by atoms with Crippen LogP contribution in [0.15, 0.2) is 18.2 Å². The minimum atomic E-state index is -1.13. The fourth-order valence-corrected chi connectivity index (χ4v) is 1.76. The summed E-state index contributed by atoms with van der Waals surface area (Å²) in [6.45, 7) is 3.05. The normalized spacial score (nSPS) is 13.5. The summed E-state index contributed by atoms with van der Waals surface area (Å²) in [6, 6.07) is 2.79. The van der Waals surface area contributed by atoms with Crippen LogP contribution in [-0.2, 0) is 4.79 Å². The van der Waals surface area contributed by atoms with Gasteiger partial charge in [-0.2, -0.15) is 0 Å². The lowest BCUT2D eigenvalue weighted by Crippen LogP contribution is -2.38. The molecule has 0 saturated carbocycles. The van der Waals surface area contributed by atoms with Gasteiger partial charge in [-0.05, 0) is 38.6 Å². The summed E-state index contributed by atoms with van der Waals surface area (Å²) >= 11 is 0. The van der Waals surface area contributed by atoms with E-state index in [4.69, 9.17) is 5.11 Å². The van der Waals surface area contributed by atoms with E-state index >= 15 is 0 Å². The van der Waals surface area contributed by atoms with Gasteiger partial charge in [-0.25, -0.2) is 8.78 Å². The Hall–Kier alpha value is -1.49. The van der Waals surface area contributed by atoms with Gasteiger partial charge in [-0.3, -0.25) is 4.79 Å². The molecular weight excluding hydrogens is 228 g/mol. The van der Waals surface area contributed by atoms with Crippen molar-refractivity contribution >= 4 is 5.97 Å². The van der Waals surface area contributed by atoms with Crippen LogP contribution < -0.4 is 5.32 Å². The van der Waals surface area contributed by atoms with Crippen LogP contribution in [0.3, 0.4) is 0 Å². The van der Waals surface area contributed by atoms with Crippen molar-refractivity contribution in [2.75, 3.05) is 7.05 Å². The molecule has 1 rings (SSSR count). The van der Waals surface area contributed by atoms with Crippen LogP contribution >= 0.6 is 0 Å². The number of carboxylic acids is 1. The molecule has 0 radical (unpaired) electrons. The van der Waals surface area contributed by atoms with E-state index < -0.39 is 29.1 Å². The predicted octanol–water partition coefficient (Wildman–Crippen LogP) is 2.34. The van der Waals surface area contributed by atoms with E-state index in [0.29, 0.717) is 5.56 Å². The molecule has 0 aliphatic heterocycles. The molecule has 1 aromatic rings. The van der Waals surface area contributed by atoms with E-state index in [1.807, 2.05) is 0 Å². The standard InChI is InChI=1S/C12H15F2NO2/c1-12(2,11(16)17)10(15-3)7-4-5-8(13)9(14)6-7/h4-6,10,15H,1-3H3,(H,16,17). The van der Waals surface area contributed by atoms with Gasteiger partial charge >= 0.3 is 5.97 Å². The first-order valence-electron chi connectivity index (χ1n) is 5.16. The van der Waals surface area contributed by atoms with Crippen molar-refractivity contribution < 1.29 is 18.7 Å². The molecule has 1 atom stereocenters. The quantitative estimate of drug-likeness (QED) is 0.853. The molecule has 2 N–H and O–H groups in total. The molecule has 0 aromatic heterocycles. The van der Waals surface area contributed by atoms with Crippen molar-refractivity contribution in [3.8, 4) is 0 Å². The van der Waals surface area contributed by atoms with Crippen LogP contribution in [0.4, 0.5) is 8.78 Å². The molecule has 0 spiro atoms. The number of carbonyl (C=O) groups is 1. The van der Waals surface area contributed by atoms with Gasteiger partial charge in [0, 0.05) is 6.04 Å². The second kappa shape index (κ2) is 4.79. The van der Waals surface area contributed by atoms with Gasteiger partial charge in [-0.15, -0.1) is 0 Å². The van der Waals surface area contributed by atoms with Crippen LogP contribution in [0.25, 0.3) is 0 Å². The van der Waals surface area contributed by atoms with Gasteiger partial charge in [0.05, 0.1) is 5.41 Å². The van der Waals surface area contributed by atoms with E-state index in [0.717, 1.165) is 12.1 Å². The molecule has 0 aliphatic rings. The zero-order valence-electron chi connectivity index (χ0n) is 9.92. The highest BCUT2D eigenvalue weighted by Crippen LogP contribution is 2.33. The average Bonchev–Trinajstić information content (AvgIpc) is 2.23. The Labute approximate surface area is 98.5 Å². The average molecular weight is 243 g/mol. The van der Waals surface area contributed by atoms with Gasteiger partial charge in [0.1, 0.15) is 0 Å². The molecule has 0 bridgehead atoms. The molecule has 0 saturated heterocycles. The minimum Gasteiger partial charge on any atom is -0.481 e. The molecule has 17 heavy (non-hydrogen) atoms. The number of carboxylic acid groups (broad SMARTS) is 1. The summed E-state index contributed by atoms with van der Waals surface area (Å²) in [4.78, 5) is 11.1. The topological polar surface area (TPSA) is 49.3 Å². The van der Waals surface area contributed by atoms with Crippen molar-refractivity contribution in [3.63, 3.8) is 0 Å². The van der Waals surface area contributed by atoms with Crippen molar-refractivity contribution in [1.29, 1.82) is 0 Å². The maximum atomic E-state index is 13.1. The summed E-state index contributed by atoms with van der Waals surface area (Å²) in [7, 11) is 1.58. The van der Waals surface area contributed by atoms with Gasteiger partial charge in [0.25, 0.3) is 0 Å². The fraction of sp³-hybridized carbons (Fsp3) is 0.417. The number of hydrogen-bond donors (Lipinski definition) is 2. The molecule has 94 valence electrons.